The molecular formula is C30H48O5. The van der Waals surface area contributed by atoms with Gasteiger partial charge in [-0.2, -0.15) is 0 Å². The third kappa shape index (κ3) is 2.95. The lowest BCUT2D eigenvalue weighted by Crippen LogP contribution is -2.72. The second-order valence-corrected chi connectivity index (χ2v) is 14.5. The fourth-order valence-corrected chi connectivity index (χ4v) is 10.4. The molecular weight excluding hydrogens is 440 g/mol. The minimum Gasteiger partial charge on any atom is -0.462 e. The van der Waals surface area contributed by atoms with Crippen LogP contribution in [0.15, 0.2) is 0 Å². The maximum absolute atomic E-state index is 12.1. The first-order chi connectivity index (χ1) is 16.3. The number of hydrogen-bond donors (Lipinski definition) is 1. The molecule has 6 aliphatic rings. The number of rotatable bonds is 6. The van der Waals surface area contributed by atoms with E-state index < -0.39 is 5.60 Å². The van der Waals surface area contributed by atoms with Gasteiger partial charge in [0.2, 0.25) is 0 Å². The molecule has 4 saturated carbocycles. The van der Waals surface area contributed by atoms with E-state index in [0.29, 0.717) is 18.8 Å². The maximum atomic E-state index is 12.1. The number of epoxide rings is 2. The van der Waals surface area contributed by atoms with Crippen molar-refractivity contribution in [2.75, 3.05) is 0 Å². The quantitative estimate of drug-likeness (QED) is 0.386. The van der Waals surface area contributed by atoms with Crippen LogP contribution in [-0.2, 0) is 19.0 Å². The Morgan fingerprint density at radius 2 is 1.74 bits per heavy atom. The van der Waals surface area contributed by atoms with E-state index in [4.69, 9.17) is 14.2 Å². The largest absolute Gasteiger partial charge is 0.462 e. The zero-order valence-corrected chi connectivity index (χ0v) is 23.1. The lowest BCUT2D eigenvalue weighted by atomic mass is 9.42. The van der Waals surface area contributed by atoms with Gasteiger partial charge in [0.05, 0.1) is 17.8 Å². The first-order valence-electron chi connectivity index (χ1n) is 14.6. The molecule has 0 aromatic rings. The second-order valence-electron chi connectivity index (χ2n) is 14.5. The molecule has 2 spiro atoms. The van der Waals surface area contributed by atoms with Gasteiger partial charge in [0, 0.05) is 25.2 Å². The Hall–Kier alpha value is -0.650. The molecule has 0 amide bonds. The van der Waals surface area contributed by atoms with Crippen LogP contribution in [-0.4, -0.2) is 46.2 Å². The molecule has 0 aromatic carbocycles. The van der Waals surface area contributed by atoms with E-state index in [2.05, 4.69) is 41.5 Å². The zero-order valence-electron chi connectivity index (χ0n) is 23.1. The van der Waals surface area contributed by atoms with Gasteiger partial charge in [-0.05, 0) is 67.1 Å². The lowest BCUT2D eigenvalue weighted by molar-refractivity contribution is -0.209. The van der Waals surface area contributed by atoms with Crippen LogP contribution in [0.25, 0.3) is 0 Å². The molecule has 0 bridgehead atoms. The highest BCUT2D eigenvalue weighted by Gasteiger charge is 2.96. The Morgan fingerprint density at radius 3 is 2.43 bits per heavy atom. The van der Waals surface area contributed by atoms with Gasteiger partial charge in [-0.15, -0.1) is 0 Å². The molecule has 198 valence electrons. The Balaban J connectivity index is 1.26. The van der Waals surface area contributed by atoms with Gasteiger partial charge in [0.1, 0.15) is 17.3 Å². The van der Waals surface area contributed by atoms with Crippen molar-refractivity contribution in [3.05, 3.63) is 0 Å². The highest BCUT2D eigenvalue weighted by molar-refractivity contribution is 5.66. The topological polar surface area (TPSA) is 71.6 Å². The lowest BCUT2D eigenvalue weighted by Gasteiger charge is -2.60. The van der Waals surface area contributed by atoms with Gasteiger partial charge in [-0.25, -0.2) is 0 Å². The average Bonchev–Trinajstić information content (AvgIpc) is 3.63. The van der Waals surface area contributed by atoms with Crippen molar-refractivity contribution in [2.45, 2.75) is 141 Å². The summed E-state index contributed by atoms with van der Waals surface area (Å²) in [6.45, 7) is 15.9. The van der Waals surface area contributed by atoms with Crippen molar-refractivity contribution < 1.29 is 24.1 Å². The van der Waals surface area contributed by atoms with Gasteiger partial charge >= 0.3 is 5.97 Å². The molecule has 6 rings (SSSR count). The molecule has 5 heteroatoms. The Kier molecular flexibility index (Phi) is 5.27. The van der Waals surface area contributed by atoms with Crippen LogP contribution in [0.2, 0.25) is 0 Å². The summed E-state index contributed by atoms with van der Waals surface area (Å²) in [5.74, 6) is 3.24. The smallest absolute Gasteiger partial charge is 0.302 e. The van der Waals surface area contributed by atoms with Gasteiger partial charge < -0.3 is 19.3 Å². The normalized spacial score (nSPS) is 55.1. The maximum Gasteiger partial charge on any atom is 0.302 e. The zero-order chi connectivity index (χ0) is 25.2. The summed E-state index contributed by atoms with van der Waals surface area (Å²) >= 11 is 0. The standard InChI is InChI=1S/C30H48O5/c1-17(2)18(3)8-9-19(4)22-10-11-23-26(22,6)15-25-30(35-25)27(7)13-12-21(33-20(5)31)14-28(27,32)16-24-29(23,30)34-24/h17-19,21-25,32H,8-16H2,1-7H3/t18-,19+,21-,22+,23+,24-,25-,26+,27-,28-,29-,30-/m0/s1. The third-order valence-electron chi connectivity index (χ3n) is 12.8. The molecule has 35 heavy (non-hydrogen) atoms. The van der Waals surface area contributed by atoms with Crippen LogP contribution in [0.5, 0.6) is 0 Å². The van der Waals surface area contributed by atoms with Crippen LogP contribution >= 0.6 is 0 Å². The minimum atomic E-state index is -0.906. The summed E-state index contributed by atoms with van der Waals surface area (Å²) in [7, 11) is 0. The molecule has 2 aliphatic heterocycles. The molecule has 6 fully saturated rings. The number of carbonyl (C=O) groups excluding carboxylic acids is 1. The first-order valence-corrected chi connectivity index (χ1v) is 14.6. The molecule has 0 radical (unpaired) electrons. The minimum absolute atomic E-state index is 0.0706. The number of hydrogen-bond acceptors (Lipinski definition) is 5. The van der Waals surface area contributed by atoms with Crippen LogP contribution in [0.1, 0.15) is 106 Å². The van der Waals surface area contributed by atoms with Gasteiger partial charge in [0.25, 0.3) is 0 Å². The third-order valence-corrected chi connectivity index (χ3v) is 12.8. The fourth-order valence-electron chi connectivity index (χ4n) is 10.4. The summed E-state index contributed by atoms with van der Waals surface area (Å²) < 4.78 is 19.2. The number of fused-ring (bicyclic) bond motifs is 2. The van der Waals surface area contributed by atoms with Crippen molar-refractivity contribution in [3.8, 4) is 0 Å². The summed E-state index contributed by atoms with van der Waals surface area (Å²) in [4.78, 5) is 11.6. The summed E-state index contributed by atoms with van der Waals surface area (Å²) in [6.07, 6.45) is 9.09. The highest BCUT2D eigenvalue weighted by atomic mass is 16.7. The number of esters is 1. The van der Waals surface area contributed by atoms with Crippen molar-refractivity contribution >= 4 is 5.97 Å². The molecule has 4 aliphatic carbocycles. The highest BCUT2D eigenvalue weighted by Crippen LogP contribution is 2.84. The number of ether oxygens (including phenoxy) is 3. The van der Waals surface area contributed by atoms with E-state index in [1.807, 2.05) is 0 Å². The van der Waals surface area contributed by atoms with Gasteiger partial charge in [0.15, 0.2) is 0 Å². The van der Waals surface area contributed by atoms with Gasteiger partial charge in [-0.3, -0.25) is 4.79 Å². The van der Waals surface area contributed by atoms with E-state index in [0.717, 1.165) is 42.9 Å². The Morgan fingerprint density at radius 1 is 1.00 bits per heavy atom. The number of aliphatic hydroxyl groups is 1. The molecule has 1 N–H and O–H groups in total. The molecule has 0 unspecified atom stereocenters. The van der Waals surface area contributed by atoms with E-state index in [1.54, 1.807) is 0 Å². The van der Waals surface area contributed by atoms with Crippen molar-refractivity contribution in [2.24, 2.45) is 40.4 Å². The van der Waals surface area contributed by atoms with E-state index in [1.165, 1.54) is 32.6 Å². The molecule has 2 heterocycles. The van der Waals surface area contributed by atoms with Crippen LogP contribution < -0.4 is 0 Å². The van der Waals surface area contributed by atoms with E-state index >= 15 is 0 Å². The van der Waals surface area contributed by atoms with Crippen LogP contribution in [0, 0.1) is 40.4 Å². The SMILES string of the molecule is CC(=O)O[C@H]1CC[C@@]2(C)[C@](O)(C1)C[C@@H]1O[C@@]13[C@@H]1CC[C@H]([C@H](C)CC[C@H](C)C(C)C)[C@@]1(C)C[C@@H]1O[C@]132. The number of carbonyl (C=O) groups is 1. The second kappa shape index (κ2) is 7.47. The Bertz CT molecular complexity index is 903. The average molecular weight is 489 g/mol. The molecule has 2 saturated heterocycles. The van der Waals surface area contributed by atoms with E-state index in [9.17, 15) is 9.90 Å². The van der Waals surface area contributed by atoms with Crippen molar-refractivity contribution in [1.29, 1.82) is 0 Å². The summed E-state index contributed by atoms with van der Waals surface area (Å²) in [5, 5.41) is 12.1. The first kappa shape index (κ1) is 24.7. The predicted octanol–water partition coefficient (Wildman–Crippen LogP) is 5.66. The molecule has 12 atom stereocenters. The fraction of sp³-hybridized carbons (Fsp3) is 0.967. The molecule has 5 nitrogen and oxygen atoms in total. The van der Waals surface area contributed by atoms with Gasteiger partial charge in [-0.1, -0.05) is 54.4 Å². The van der Waals surface area contributed by atoms with Crippen LogP contribution in [0.4, 0.5) is 0 Å². The monoisotopic (exact) mass is 488 g/mol. The molecule has 0 aromatic heterocycles. The Labute approximate surface area is 212 Å². The van der Waals surface area contributed by atoms with Crippen molar-refractivity contribution in [3.63, 3.8) is 0 Å². The van der Waals surface area contributed by atoms with Crippen LogP contribution in [0.3, 0.4) is 0 Å². The predicted molar refractivity (Wildman–Crippen MR) is 134 cm³/mol. The van der Waals surface area contributed by atoms with E-state index in [-0.39, 0.29) is 46.3 Å². The summed E-state index contributed by atoms with van der Waals surface area (Å²) in [5.41, 5.74) is -1.60. The van der Waals surface area contributed by atoms with Crippen molar-refractivity contribution in [1.82, 2.24) is 0 Å². The summed E-state index contributed by atoms with van der Waals surface area (Å²) in [6, 6.07) is 0.